The molecule has 83 heavy (non-hydrogen) atoms. The fraction of sp³-hybridized carbons (Fsp3) is 0.0274. The van der Waals surface area contributed by atoms with Crippen LogP contribution in [0.4, 0.5) is 30.2 Å². The number of aromatic nitrogens is 2. The highest BCUT2D eigenvalue weighted by Crippen LogP contribution is 2.48. The summed E-state index contributed by atoms with van der Waals surface area (Å²) in [6.45, 7) is 25.8. The number of rotatable bonds is 8. The van der Waals surface area contributed by atoms with Crippen LogP contribution < -0.4 is 0 Å². The number of alkyl halides is 3. The maximum atomic E-state index is 15.3. The SMILES string of the molecule is [C-]#[N+]c1ccccc1-c1ccc2c(c1)c1cc(-c3ccccc3C#N)ccc1n2-c1ccc(C#N)cc1-c1cc(-c2c(C)cccc2C(F)(F)F)ccc1-n1c2ccc(-c3ccccc3[N+]#[C-])cc2c2cc(-c3ccccc3[N+]#[C-])ccc21. The lowest BCUT2D eigenvalue weighted by Crippen LogP contribution is -2.08. The van der Waals surface area contributed by atoms with E-state index in [0.29, 0.717) is 61.8 Å². The zero-order valence-electron chi connectivity index (χ0n) is 44.1. The topological polar surface area (TPSA) is 70.5 Å². The monoisotopic (exact) mass is 1070 g/mol. The molecule has 0 aliphatic heterocycles. The largest absolute Gasteiger partial charge is 0.417 e. The molecule has 0 atom stereocenters. The Kier molecular flexibility index (Phi) is 12.3. The lowest BCUT2D eigenvalue weighted by atomic mass is 9.90. The summed E-state index contributed by atoms with van der Waals surface area (Å²) >= 11 is 0. The highest BCUT2D eigenvalue weighted by molar-refractivity contribution is 6.15. The summed E-state index contributed by atoms with van der Waals surface area (Å²) in [6.07, 6.45) is -4.70. The molecule has 13 rings (SSSR count). The van der Waals surface area contributed by atoms with Gasteiger partial charge in [-0.05, 0) is 159 Å². The fourth-order valence-corrected chi connectivity index (χ4v) is 11.9. The summed E-state index contributed by atoms with van der Waals surface area (Å²) in [5.74, 6) is 0. The molecule has 0 saturated carbocycles. The minimum Gasteiger partial charge on any atom is -0.309 e. The third-order valence-electron chi connectivity index (χ3n) is 15.7. The van der Waals surface area contributed by atoms with E-state index < -0.39 is 11.7 Å². The van der Waals surface area contributed by atoms with Crippen LogP contribution in [0.5, 0.6) is 0 Å². The van der Waals surface area contributed by atoms with E-state index in [9.17, 15) is 10.5 Å². The quantitative estimate of drug-likeness (QED) is 0.142. The number of para-hydroxylation sites is 3. The maximum absolute atomic E-state index is 15.3. The Balaban J connectivity index is 1.15. The number of halogens is 3. The smallest absolute Gasteiger partial charge is 0.309 e. The molecule has 0 saturated heterocycles. The Bertz CT molecular complexity index is 4890. The Labute approximate surface area is 475 Å². The zero-order valence-corrected chi connectivity index (χ0v) is 44.1. The molecule has 0 unspecified atom stereocenters. The molecular weight excluding hydrogens is 1030 g/mol. The third-order valence-corrected chi connectivity index (χ3v) is 15.7. The molecule has 10 heteroatoms. The minimum absolute atomic E-state index is 0.0218. The van der Waals surface area contributed by atoms with Crippen LogP contribution in [0, 0.1) is 49.3 Å². The third kappa shape index (κ3) is 8.50. The van der Waals surface area contributed by atoms with Gasteiger partial charge in [-0.15, -0.1) is 0 Å². The fourth-order valence-electron chi connectivity index (χ4n) is 11.9. The van der Waals surface area contributed by atoms with Crippen LogP contribution in [0.3, 0.4) is 0 Å². The first-order valence-electron chi connectivity index (χ1n) is 26.4. The number of hydrogen-bond donors (Lipinski definition) is 0. The minimum atomic E-state index is -4.70. The number of aryl methyl sites for hydroxylation is 1. The molecule has 2 heterocycles. The van der Waals surface area contributed by atoms with Crippen LogP contribution >= 0.6 is 0 Å². The van der Waals surface area contributed by atoms with E-state index in [1.165, 1.54) is 6.07 Å². The number of hydrogen-bond acceptors (Lipinski definition) is 2. The van der Waals surface area contributed by atoms with Crippen molar-refractivity contribution in [3.63, 3.8) is 0 Å². The van der Waals surface area contributed by atoms with Gasteiger partial charge in [0.2, 0.25) is 0 Å². The van der Waals surface area contributed by atoms with Crippen molar-refractivity contribution in [2.24, 2.45) is 0 Å². The van der Waals surface area contributed by atoms with Gasteiger partial charge in [0.1, 0.15) is 0 Å². The van der Waals surface area contributed by atoms with Gasteiger partial charge in [0.15, 0.2) is 17.1 Å². The normalized spacial score (nSPS) is 11.3. The van der Waals surface area contributed by atoms with E-state index in [-0.39, 0.29) is 5.56 Å². The average Bonchev–Trinajstić information content (AvgIpc) is 2.02. The van der Waals surface area contributed by atoms with Crippen molar-refractivity contribution in [3.05, 3.63) is 281 Å². The van der Waals surface area contributed by atoms with Crippen LogP contribution in [0.15, 0.2) is 224 Å². The number of nitriles is 2. The molecule has 0 radical (unpaired) electrons. The van der Waals surface area contributed by atoms with Gasteiger partial charge in [-0.3, -0.25) is 0 Å². The predicted molar refractivity (Wildman–Crippen MR) is 326 cm³/mol. The first-order valence-corrected chi connectivity index (χ1v) is 26.4. The molecule has 0 N–H and O–H groups in total. The summed E-state index contributed by atoms with van der Waals surface area (Å²) in [7, 11) is 0. The molecular formula is C73H40F3N7. The standard InChI is InChI=1S/C73H40F3N7/c1-44-14-13-20-62(73(74,75)76)72(44)50-29-35-71(83-69-33-27-48(54-18-8-11-22-64(54)80-3)39-59(69)60-40-49(28-34-70(60)83)55-19-9-12-23-65(55)81-4)61(41-50)56-36-45(42-77)24-30-66(56)82-67-31-25-46(52-16-6-5-15-51(52)43-78)37-57(67)58-38-47(26-32-68(58)82)53-17-7-10-21-63(53)79-2/h5-41H,1H3. The number of fused-ring (bicyclic) bond motifs is 6. The first-order chi connectivity index (χ1) is 40.5. The molecule has 2 aromatic heterocycles. The average molecular weight is 1070 g/mol. The lowest BCUT2D eigenvalue weighted by Gasteiger charge is -2.22. The van der Waals surface area contributed by atoms with Crippen LogP contribution in [0.25, 0.3) is 136 Å². The molecule has 13 aromatic rings. The van der Waals surface area contributed by atoms with E-state index in [1.54, 1.807) is 61.5 Å². The Morgan fingerprint density at radius 1 is 0.386 bits per heavy atom. The van der Waals surface area contributed by atoms with Gasteiger partial charge in [0.25, 0.3) is 0 Å². The summed E-state index contributed by atoms with van der Waals surface area (Å²) in [5.41, 5.74) is 13.8. The molecule has 7 nitrogen and oxygen atoms in total. The second kappa shape index (κ2) is 20.2. The van der Waals surface area contributed by atoms with E-state index in [4.69, 9.17) is 19.7 Å². The summed E-state index contributed by atoms with van der Waals surface area (Å²) in [5, 5.41) is 24.4. The van der Waals surface area contributed by atoms with Crippen LogP contribution in [-0.2, 0) is 6.18 Å². The van der Waals surface area contributed by atoms with Crippen molar-refractivity contribution in [2.75, 3.05) is 0 Å². The maximum Gasteiger partial charge on any atom is 0.417 e. The second-order valence-corrected chi connectivity index (χ2v) is 20.2. The molecule has 0 aliphatic rings. The van der Waals surface area contributed by atoms with E-state index in [1.807, 2.05) is 133 Å². The predicted octanol–water partition coefficient (Wildman–Crippen LogP) is 20.6. The molecule has 0 fully saturated rings. The molecule has 388 valence electrons. The van der Waals surface area contributed by atoms with Gasteiger partial charge in [0.05, 0.1) is 82.0 Å². The van der Waals surface area contributed by atoms with E-state index in [0.717, 1.165) is 94.2 Å². The highest BCUT2D eigenvalue weighted by atomic mass is 19.4. The molecule has 0 aliphatic carbocycles. The Morgan fingerprint density at radius 3 is 1.22 bits per heavy atom. The van der Waals surface area contributed by atoms with Gasteiger partial charge in [-0.1, -0.05) is 133 Å². The lowest BCUT2D eigenvalue weighted by molar-refractivity contribution is -0.137. The number of benzene rings is 11. The van der Waals surface area contributed by atoms with Crippen molar-refractivity contribution in [2.45, 2.75) is 13.1 Å². The number of nitrogens with zero attached hydrogens (tertiary/aromatic N) is 7. The van der Waals surface area contributed by atoms with Crippen molar-refractivity contribution in [1.82, 2.24) is 9.13 Å². The zero-order chi connectivity index (χ0) is 57.1. The Hall–Kier alpha value is -11.7. The van der Waals surface area contributed by atoms with Crippen LogP contribution in [0.1, 0.15) is 22.3 Å². The molecule has 0 bridgehead atoms. The van der Waals surface area contributed by atoms with Crippen molar-refractivity contribution in [3.8, 4) is 90.3 Å². The first kappa shape index (κ1) is 50.7. The van der Waals surface area contributed by atoms with Crippen molar-refractivity contribution in [1.29, 1.82) is 10.5 Å². The van der Waals surface area contributed by atoms with Crippen molar-refractivity contribution < 1.29 is 13.2 Å². The summed E-state index contributed by atoms with van der Waals surface area (Å²) < 4.78 is 50.1. The summed E-state index contributed by atoms with van der Waals surface area (Å²) in [4.78, 5) is 11.6. The van der Waals surface area contributed by atoms with Gasteiger partial charge >= 0.3 is 6.18 Å². The van der Waals surface area contributed by atoms with Gasteiger partial charge in [-0.2, -0.15) is 23.7 Å². The van der Waals surface area contributed by atoms with Gasteiger partial charge in [-0.25, -0.2) is 14.5 Å². The molecule has 11 aromatic carbocycles. The van der Waals surface area contributed by atoms with Gasteiger partial charge < -0.3 is 9.13 Å². The van der Waals surface area contributed by atoms with E-state index >= 15 is 13.2 Å². The van der Waals surface area contributed by atoms with Crippen LogP contribution in [-0.4, -0.2) is 9.13 Å². The highest BCUT2D eigenvalue weighted by Gasteiger charge is 2.35. The molecule has 0 amide bonds. The second-order valence-electron chi connectivity index (χ2n) is 20.2. The van der Waals surface area contributed by atoms with Gasteiger partial charge in [0, 0.05) is 32.7 Å². The Morgan fingerprint density at radius 2 is 0.783 bits per heavy atom. The van der Waals surface area contributed by atoms with E-state index in [2.05, 4.69) is 60.1 Å². The summed E-state index contributed by atoms with van der Waals surface area (Å²) in [6, 6.07) is 73.6. The van der Waals surface area contributed by atoms with Crippen molar-refractivity contribution >= 4 is 60.7 Å². The molecule has 0 spiro atoms. The van der Waals surface area contributed by atoms with Crippen LogP contribution in [0.2, 0.25) is 0 Å².